The van der Waals surface area contributed by atoms with Gasteiger partial charge in [-0.2, -0.15) is 5.10 Å². The van der Waals surface area contributed by atoms with Crippen LogP contribution in [0.5, 0.6) is 0 Å². The average Bonchev–Trinajstić information content (AvgIpc) is 3.13. The van der Waals surface area contributed by atoms with Crippen LogP contribution in [0.15, 0.2) is 40.9 Å². The number of carbonyl (C=O) groups is 1. The second-order valence-electron chi connectivity index (χ2n) is 4.85. The zero-order valence-corrected chi connectivity index (χ0v) is 12.6. The Labute approximate surface area is 135 Å². The topological polar surface area (TPSA) is 91.2 Å². The molecule has 0 aliphatic carbocycles. The lowest BCUT2D eigenvalue weighted by atomic mass is 10.2. The predicted octanol–water partition coefficient (Wildman–Crippen LogP) is 3.81. The van der Waals surface area contributed by atoms with Gasteiger partial charge in [-0.05, 0) is 30.7 Å². The molecule has 0 N–H and O–H groups in total. The summed E-state index contributed by atoms with van der Waals surface area (Å²) in [5, 5.41) is 15.4. The summed E-state index contributed by atoms with van der Waals surface area (Å²) in [6.45, 7) is 1.91. The maximum atomic E-state index is 11.3. The van der Waals surface area contributed by atoms with Crippen LogP contribution in [0.1, 0.15) is 15.9 Å². The number of aldehydes is 1. The smallest absolute Gasteiger partial charge is 0.399 e. The molecule has 0 fully saturated rings. The van der Waals surface area contributed by atoms with Crippen LogP contribution in [0, 0.1) is 17.0 Å². The normalized spacial score (nSPS) is 10.7. The first-order valence-electron chi connectivity index (χ1n) is 6.55. The van der Waals surface area contributed by atoms with Gasteiger partial charge in [-0.15, -0.1) is 0 Å². The van der Waals surface area contributed by atoms with Crippen LogP contribution in [0.4, 0.5) is 5.88 Å². The van der Waals surface area contributed by atoms with Crippen LogP contribution in [0.2, 0.25) is 5.02 Å². The van der Waals surface area contributed by atoms with Crippen LogP contribution in [0.25, 0.3) is 17.1 Å². The second kappa shape index (κ2) is 5.69. The lowest BCUT2D eigenvalue weighted by molar-refractivity contribution is -0.401. The first kappa shape index (κ1) is 15.0. The van der Waals surface area contributed by atoms with Crippen molar-refractivity contribution in [3.05, 3.63) is 62.8 Å². The maximum absolute atomic E-state index is 11.3. The third-order valence-corrected chi connectivity index (χ3v) is 3.53. The summed E-state index contributed by atoms with van der Waals surface area (Å²) < 4.78 is 6.55. The Balaban J connectivity index is 2.10. The third kappa shape index (κ3) is 2.74. The molecule has 116 valence electrons. The first-order valence-corrected chi connectivity index (χ1v) is 6.93. The van der Waals surface area contributed by atoms with Crippen molar-refractivity contribution in [3.63, 3.8) is 0 Å². The number of aromatic nitrogens is 2. The minimum atomic E-state index is -0.655. The van der Waals surface area contributed by atoms with Crippen LogP contribution in [-0.4, -0.2) is 21.0 Å². The average molecular weight is 332 g/mol. The molecule has 1 aromatic carbocycles. The summed E-state index contributed by atoms with van der Waals surface area (Å²) >= 11 is 6.20. The van der Waals surface area contributed by atoms with Gasteiger partial charge in [0.15, 0.2) is 12.0 Å². The van der Waals surface area contributed by atoms with Crippen LogP contribution >= 0.6 is 11.6 Å². The van der Waals surface area contributed by atoms with E-state index in [1.807, 2.05) is 13.0 Å². The van der Waals surface area contributed by atoms with E-state index in [9.17, 15) is 14.9 Å². The molecule has 3 aromatic rings. The maximum Gasteiger partial charge on any atom is 0.433 e. The summed E-state index contributed by atoms with van der Waals surface area (Å²) in [4.78, 5) is 21.3. The third-order valence-electron chi connectivity index (χ3n) is 3.22. The van der Waals surface area contributed by atoms with E-state index < -0.39 is 10.8 Å². The lowest BCUT2D eigenvalue weighted by Crippen LogP contribution is -1.96. The summed E-state index contributed by atoms with van der Waals surface area (Å²) in [5.41, 5.74) is 2.03. The molecule has 0 radical (unpaired) electrons. The molecule has 3 rings (SSSR count). The number of rotatable bonds is 4. The number of hydrogen-bond donors (Lipinski definition) is 0. The highest BCUT2D eigenvalue weighted by atomic mass is 35.5. The second-order valence-corrected chi connectivity index (χ2v) is 5.25. The molecule has 0 saturated carbocycles. The van der Waals surface area contributed by atoms with E-state index in [0.717, 1.165) is 5.56 Å². The molecule has 0 spiro atoms. The molecule has 8 heteroatoms. The molecule has 0 unspecified atom stereocenters. The minimum Gasteiger partial charge on any atom is -0.399 e. The molecule has 0 atom stereocenters. The van der Waals surface area contributed by atoms with E-state index in [1.165, 1.54) is 23.0 Å². The fourth-order valence-corrected chi connectivity index (χ4v) is 2.46. The van der Waals surface area contributed by atoms with Crippen LogP contribution in [0.3, 0.4) is 0 Å². The van der Waals surface area contributed by atoms with Crippen molar-refractivity contribution in [2.75, 3.05) is 0 Å². The van der Waals surface area contributed by atoms with Gasteiger partial charge in [0, 0.05) is 6.20 Å². The molecule has 2 heterocycles. The van der Waals surface area contributed by atoms with Crippen molar-refractivity contribution in [2.45, 2.75) is 6.92 Å². The van der Waals surface area contributed by atoms with E-state index in [-0.39, 0.29) is 17.0 Å². The van der Waals surface area contributed by atoms with Gasteiger partial charge in [-0.1, -0.05) is 17.7 Å². The quantitative estimate of drug-likeness (QED) is 0.412. The van der Waals surface area contributed by atoms with Gasteiger partial charge < -0.3 is 4.42 Å². The predicted molar refractivity (Wildman–Crippen MR) is 83.1 cm³/mol. The van der Waals surface area contributed by atoms with Gasteiger partial charge in [0.25, 0.3) is 0 Å². The lowest BCUT2D eigenvalue weighted by Gasteiger charge is -2.04. The Hall–Kier alpha value is -2.93. The van der Waals surface area contributed by atoms with Crippen molar-refractivity contribution in [3.8, 4) is 17.1 Å². The zero-order valence-electron chi connectivity index (χ0n) is 11.9. The highest BCUT2D eigenvalue weighted by molar-refractivity contribution is 6.32. The van der Waals surface area contributed by atoms with Gasteiger partial charge in [-0.3, -0.25) is 14.9 Å². The molecular formula is C15H10ClN3O4. The van der Waals surface area contributed by atoms with Gasteiger partial charge >= 0.3 is 5.88 Å². The molecule has 7 nitrogen and oxygen atoms in total. The molecule has 23 heavy (non-hydrogen) atoms. The van der Waals surface area contributed by atoms with E-state index in [0.29, 0.717) is 17.0 Å². The standard InChI is InChI=1S/C15H10ClN3O4/c1-9-2-3-12(11(16)6-9)18-7-10(8-20)15(17-18)13-4-5-14(23-13)19(21)22/h2-8H,1H3. The van der Waals surface area contributed by atoms with Crippen LogP contribution in [-0.2, 0) is 0 Å². The highest BCUT2D eigenvalue weighted by Crippen LogP contribution is 2.29. The number of hydrogen-bond acceptors (Lipinski definition) is 5. The van der Waals surface area contributed by atoms with Gasteiger partial charge in [-0.25, -0.2) is 4.68 Å². The van der Waals surface area contributed by atoms with Crippen molar-refractivity contribution < 1.29 is 14.1 Å². The number of benzene rings is 1. The molecule has 0 bridgehead atoms. The number of furan rings is 1. The molecule has 0 aliphatic rings. The van der Waals surface area contributed by atoms with Gasteiger partial charge in [0.1, 0.15) is 10.6 Å². The molecule has 0 saturated heterocycles. The number of nitrogens with zero attached hydrogens (tertiary/aromatic N) is 3. The molecular weight excluding hydrogens is 322 g/mol. The van der Waals surface area contributed by atoms with Crippen molar-refractivity contribution in [2.24, 2.45) is 0 Å². The Morgan fingerprint density at radius 1 is 1.35 bits per heavy atom. The van der Waals surface area contributed by atoms with Crippen molar-refractivity contribution in [1.29, 1.82) is 0 Å². The van der Waals surface area contributed by atoms with Gasteiger partial charge in [0.2, 0.25) is 0 Å². The number of nitro groups is 1. The Morgan fingerprint density at radius 3 is 2.74 bits per heavy atom. The Kier molecular flexibility index (Phi) is 3.71. The van der Waals surface area contributed by atoms with Crippen molar-refractivity contribution >= 4 is 23.8 Å². The summed E-state index contributed by atoms with van der Waals surface area (Å²) in [6.07, 6.45) is 2.10. The monoisotopic (exact) mass is 331 g/mol. The van der Waals surface area contributed by atoms with E-state index in [2.05, 4.69) is 5.10 Å². The number of carbonyl (C=O) groups excluding carboxylic acids is 1. The number of aryl methyl sites for hydroxylation is 1. The molecule has 0 amide bonds. The minimum absolute atomic E-state index is 0.140. The van der Waals surface area contributed by atoms with Crippen LogP contribution < -0.4 is 0 Å². The Bertz CT molecular complexity index is 913. The summed E-state index contributed by atoms with van der Waals surface area (Å²) in [7, 11) is 0. The fraction of sp³-hybridized carbons (Fsp3) is 0.0667. The van der Waals surface area contributed by atoms with Crippen molar-refractivity contribution in [1.82, 2.24) is 9.78 Å². The van der Waals surface area contributed by atoms with E-state index in [4.69, 9.17) is 16.0 Å². The largest absolute Gasteiger partial charge is 0.433 e. The Morgan fingerprint density at radius 2 is 2.13 bits per heavy atom. The van der Waals surface area contributed by atoms with E-state index >= 15 is 0 Å². The molecule has 0 aliphatic heterocycles. The van der Waals surface area contributed by atoms with E-state index in [1.54, 1.807) is 12.1 Å². The summed E-state index contributed by atoms with van der Waals surface area (Å²) in [6, 6.07) is 8.02. The summed E-state index contributed by atoms with van der Waals surface area (Å²) in [5.74, 6) is -0.277. The number of halogens is 1. The van der Waals surface area contributed by atoms with Gasteiger partial charge in [0.05, 0.1) is 22.3 Å². The fourth-order valence-electron chi connectivity index (χ4n) is 2.14. The SMILES string of the molecule is Cc1ccc(-n2cc(C=O)c(-c3ccc([N+](=O)[O-])o3)n2)c(Cl)c1. The zero-order chi connectivity index (χ0) is 16.6. The molecule has 2 aromatic heterocycles. The first-order chi connectivity index (χ1) is 11.0. The highest BCUT2D eigenvalue weighted by Gasteiger charge is 2.19.